The number of rotatable bonds is 3. The first kappa shape index (κ1) is 10.1. The minimum Gasteiger partial charge on any atom is -0.264 e. The Morgan fingerprint density at radius 2 is 2.24 bits per heavy atom. The number of nitrogens with zero attached hydrogens (tertiary/aromatic N) is 5. The van der Waals surface area contributed by atoms with Gasteiger partial charge in [-0.25, -0.2) is 0 Å². The molecule has 0 saturated heterocycles. The van der Waals surface area contributed by atoms with E-state index in [1.54, 1.807) is 28.5 Å². The van der Waals surface area contributed by atoms with Gasteiger partial charge in [-0.2, -0.15) is 4.80 Å². The summed E-state index contributed by atoms with van der Waals surface area (Å²) in [6.07, 6.45) is 3.55. The highest BCUT2D eigenvalue weighted by Crippen LogP contribution is 2.19. The monoisotopic (exact) mass is 243 g/mol. The van der Waals surface area contributed by atoms with Crippen LogP contribution >= 0.6 is 11.3 Å². The molecule has 3 heterocycles. The van der Waals surface area contributed by atoms with Gasteiger partial charge < -0.3 is 0 Å². The maximum absolute atomic E-state index is 4.33. The van der Waals surface area contributed by atoms with Gasteiger partial charge in [-0.15, -0.1) is 21.5 Å². The molecule has 0 saturated carbocycles. The van der Waals surface area contributed by atoms with Crippen LogP contribution in [0.5, 0.6) is 0 Å². The maximum Gasteiger partial charge on any atom is 0.214 e. The molecule has 0 N–H and O–H groups in total. The first-order valence-electron chi connectivity index (χ1n) is 5.12. The van der Waals surface area contributed by atoms with Crippen molar-refractivity contribution in [2.24, 2.45) is 0 Å². The van der Waals surface area contributed by atoms with Crippen LogP contribution in [0.4, 0.5) is 0 Å². The number of thiophene rings is 1. The minimum atomic E-state index is 0.589. The summed E-state index contributed by atoms with van der Waals surface area (Å²) in [5.41, 5.74) is 1.06. The zero-order chi connectivity index (χ0) is 11.5. The van der Waals surface area contributed by atoms with E-state index in [1.165, 1.54) is 0 Å². The van der Waals surface area contributed by atoms with E-state index < -0.39 is 0 Å². The van der Waals surface area contributed by atoms with Crippen LogP contribution in [-0.2, 0) is 6.54 Å². The average molecular weight is 243 g/mol. The Hall–Kier alpha value is -2.08. The molecule has 17 heavy (non-hydrogen) atoms. The lowest BCUT2D eigenvalue weighted by Crippen LogP contribution is -2.04. The SMILES string of the molecule is c1cncc(Cn2nnc(-c3cccs3)n2)c1. The highest BCUT2D eigenvalue weighted by Gasteiger charge is 2.06. The van der Waals surface area contributed by atoms with E-state index in [2.05, 4.69) is 20.4 Å². The molecule has 3 aromatic rings. The number of hydrogen-bond acceptors (Lipinski definition) is 5. The second-order valence-corrected chi connectivity index (χ2v) is 4.43. The Kier molecular flexibility index (Phi) is 2.63. The van der Waals surface area contributed by atoms with Gasteiger partial charge in [-0.3, -0.25) is 4.98 Å². The predicted molar refractivity (Wildman–Crippen MR) is 64.5 cm³/mol. The number of aromatic nitrogens is 5. The van der Waals surface area contributed by atoms with Gasteiger partial charge in [0, 0.05) is 12.4 Å². The maximum atomic E-state index is 4.33. The first-order valence-corrected chi connectivity index (χ1v) is 6.00. The Morgan fingerprint density at radius 3 is 3.00 bits per heavy atom. The van der Waals surface area contributed by atoms with Crippen LogP contribution in [0.1, 0.15) is 5.56 Å². The molecular formula is C11H9N5S. The quantitative estimate of drug-likeness (QED) is 0.704. The molecule has 84 valence electrons. The van der Waals surface area contributed by atoms with Crippen molar-refractivity contribution in [3.8, 4) is 10.7 Å². The van der Waals surface area contributed by atoms with Gasteiger partial charge in [0.1, 0.15) is 0 Å². The van der Waals surface area contributed by atoms with Crippen molar-refractivity contribution in [1.29, 1.82) is 0 Å². The molecule has 0 spiro atoms. The van der Waals surface area contributed by atoms with E-state index >= 15 is 0 Å². The van der Waals surface area contributed by atoms with Crippen LogP contribution in [0.3, 0.4) is 0 Å². The molecule has 0 atom stereocenters. The van der Waals surface area contributed by atoms with Crippen LogP contribution in [0.2, 0.25) is 0 Å². The van der Waals surface area contributed by atoms with Gasteiger partial charge in [0.25, 0.3) is 0 Å². The topological polar surface area (TPSA) is 56.5 Å². The van der Waals surface area contributed by atoms with Crippen LogP contribution < -0.4 is 0 Å². The van der Waals surface area contributed by atoms with Crippen molar-refractivity contribution in [1.82, 2.24) is 25.2 Å². The number of pyridine rings is 1. The summed E-state index contributed by atoms with van der Waals surface area (Å²) in [6.45, 7) is 0.589. The van der Waals surface area contributed by atoms with Gasteiger partial charge in [-0.1, -0.05) is 12.1 Å². The Bertz CT molecular complexity index is 587. The summed E-state index contributed by atoms with van der Waals surface area (Å²) in [4.78, 5) is 6.66. The molecular weight excluding hydrogens is 234 g/mol. The summed E-state index contributed by atoms with van der Waals surface area (Å²) in [7, 11) is 0. The van der Waals surface area contributed by atoms with E-state index in [4.69, 9.17) is 0 Å². The van der Waals surface area contributed by atoms with Crippen LogP contribution in [0.25, 0.3) is 10.7 Å². The third-order valence-electron chi connectivity index (χ3n) is 2.24. The van der Waals surface area contributed by atoms with Gasteiger partial charge in [0.2, 0.25) is 5.82 Å². The molecule has 3 aromatic heterocycles. The Morgan fingerprint density at radius 1 is 1.24 bits per heavy atom. The molecule has 0 aliphatic rings. The number of hydrogen-bond donors (Lipinski definition) is 0. The molecule has 0 aliphatic heterocycles. The van der Waals surface area contributed by atoms with Crippen molar-refractivity contribution in [3.05, 3.63) is 47.6 Å². The highest BCUT2D eigenvalue weighted by molar-refractivity contribution is 7.13. The average Bonchev–Trinajstić information content (AvgIpc) is 3.00. The van der Waals surface area contributed by atoms with E-state index in [1.807, 2.05) is 29.6 Å². The summed E-state index contributed by atoms with van der Waals surface area (Å²) in [5, 5.41) is 14.4. The summed E-state index contributed by atoms with van der Waals surface area (Å²) < 4.78 is 0. The molecule has 6 heteroatoms. The summed E-state index contributed by atoms with van der Waals surface area (Å²) >= 11 is 1.60. The predicted octanol–water partition coefficient (Wildman–Crippen LogP) is 1.84. The normalized spacial score (nSPS) is 10.6. The molecule has 0 aliphatic carbocycles. The molecule has 0 unspecified atom stereocenters. The van der Waals surface area contributed by atoms with E-state index in [0.29, 0.717) is 12.4 Å². The van der Waals surface area contributed by atoms with Crippen molar-refractivity contribution in [2.45, 2.75) is 6.54 Å². The lowest BCUT2D eigenvalue weighted by atomic mass is 10.3. The fourth-order valence-electron chi connectivity index (χ4n) is 1.47. The fraction of sp³-hybridized carbons (Fsp3) is 0.0909. The summed E-state index contributed by atoms with van der Waals surface area (Å²) in [6, 6.07) is 7.84. The molecule has 0 fully saturated rings. The largest absolute Gasteiger partial charge is 0.264 e. The lowest BCUT2D eigenvalue weighted by Gasteiger charge is -1.96. The standard InChI is InChI=1S/C11H9N5S/c1-3-9(7-12-5-1)8-16-14-11(13-15-16)10-4-2-6-17-10/h1-7H,8H2. The Labute approximate surface area is 102 Å². The third-order valence-corrected chi connectivity index (χ3v) is 3.11. The van der Waals surface area contributed by atoms with Crippen LogP contribution in [-0.4, -0.2) is 25.2 Å². The molecule has 0 aromatic carbocycles. The molecule has 3 rings (SSSR count). The lowest BCUT2D eigenvalue weighted by molar-refractivity contribution is 0.572. The van der Waals surface area contributed by atoms with Gasteiger partial charge >= 0.3 is 0 Å². The molecule has 5 nitrogen and oxygen atoms in total. The smallest absolute Gasteiger partial charge is 0.214 e. The third kappa shape index (κ3) is 2.21. The first-order chi connectivity index (χ1) is 8.42. The minimum absolute atomic E-state index is 0.589. The van der Waals surface area contributed by atoms with Gasteiger partial charge in [0.05, 0.1) is 11.4 Å². The second kappa shape index (κ2) is 4.42. The van der Waals surface area contributed by atoms with Crippen LogP contribution in [0.15, 0.2) is 42.0 Å². The van der Waals surface area contributed by atoms with Crippen molar-refractivity contribution < 1.29 is 0 Å². The van der Waals surface area contributed by atoms with Crippen LogP contribution in [0, 0.1) is 0 Å². The molecule has 0 amide bonds. The van der Waals surface area contributed by atoms with Crippen molar-refractivity contribution in [3.63, 3.8) is 0 Å². The fourth-order valence-corrected chi connectivity index (χ4v) is 2.12. The molecule has 0 radical (unpaired) electrons. The number of tetrazole rings is 1. The molecule has 0 bridgehead atoms. The summed E-state index contributed by atoms with van der Waals surface area (Å²) in [5.74, 6) is 0.670. The van der Waals surface area contributed by atoms with Gasteiger partial charge in [-0.05, 0) is 28.3 Å². The zero-order valence-corrected chi connectivity index (χ0v) is 9.71. The van der Waals surface area contributed by atoms with Gasteiger partial charge in [0.15, 0.2) is 0 Å². The second-order valence-electron chi connectivity index (χ2n) is 3.48. The van der Waals surface area contributed by atoms with E-state index in [-0.39, 0.29) is 0 Å². The van der Waals surface area contributed by atoms with Crippen molar-refractivity contribution >= 4 is 11.3 Å². The Balaban J connectivity index is 1.82. The van der Waals surface area contributed by atoms with E-state index in [9.17, 15) is 0 Å². The van der Waals surface area contributed by atoms with Crippen molar-refractivity contribution in [2.75, 3.05) is 0 Å². The highest BCUT2D eigenvalue weighted by atomic mass is 32.1. The van der Waals surface area contributed by atoms with E-state index in [0.717, 1.165) is 10.4 Å². The zero-order valence-electron chi connectivity index (χ0n) is 8.89.